The minimum atomic E-state index is -0.342. The van der Waals surface area contributed by atoms with E-state index >= 15 is 0 Å². The summed E-state index contributed by atoms with van der Waals surface area (Å²) in [7, 11) is -0.340. The molecule has 0 N–H and O–H groups in total. The van der Waals surface area contributed by atoms with Crippen molar-refractivity contribution in [3.63, 3.8) is 0 Å². The first-order valence-corrected chi connectivity index (χ1v) is 10.7. The van der Waals surface area contributed by atoms with Crippen LogP contribution in [0.1, 0.15) is 77.6 Å². The summed E-state index contributed by atoms with van der Waals surface area (Å²) in [4.78, 5) is 0. The SMILES string of the molecule is CC1(C)C2=C(c3ccccc31)C(C)(C)c1c(B3OC(C)(C)C(C)(C)O3)cccc12. The molecule has 2 aromatic rings. The molecule has 0 radical (unpaired) electrons. The third-order valence-corrected chi connectivity index (χ3v) is 7.87. The maximum absolute atomic E-state index is 6.47. The van der Waals surface area contributed by atoms with Crippen LogP contribution in [0.15, 0.2) is 42.5 Å². The predicted octanol–water partition coefficient (Wildman–Crippen LogP) is 5.48. The Morgan fingerprint density at radius 1 is 0.621 bits per heavy atom. The molecule has 1 aliphatic heterocycles. The van der Waals surface area contributed by atoms with Gasteiger partial charge in [0.1, 0.15) is 0 Å². The molecule has 2 nitrogen and oxygen atoms in total. The first-order chi connectivity index (χ1) is 13.4. The largest absolute Gasteiger partial charge is 0.495 e. The van der Waals surface area contributed by atoms with Gasteiger partial charge < -0.3 is 9.31 Å². The molecule has 1 saturated heterocycles. The zero-order chi connectivity index (χ0) is 21.0. The number of rotatable bonds is 1. The van der Waals surface area contributed by atoms with Gasteiger partial charge in [-0.15, -0.1) is 0 Å². The summed E-state index contributed by atoms with van der Waals surface area (Å²) >= 11 is 0. The fraction of sp³-hybridized carbons (Fsp3) is 0.462. The minimum absolute atomic E-state index is 0.0109. The van der Waals surface area contributed by atoms with Crippen LogP contribution in [0.5, 0.6) is 0 Å². The third kappa shape index (κ3) is 2.26. The van der Waals surface area contributed by atoms with Crippen molar-refractivity contribution in [1.29, 1.82) is 0 Å². The fourth-order valence-electron chi connectivity index (χ4n) is 5.72. The van der Waals surface area contributed by atoms with Gasteiger partial charge in [0, 0.05) is 10.8 Å². The molecule has 0 amide bonds. The predicted molar refractivity (Wildman–Crippen MR) is 121 cm³/mol. The summed E-state index contributed by atoms with van der Waals surface area (Å²) in [5.74, 6) is 0. The van der Waals surface area contributed by atoms with Gasteiger partial charge in [-0.1, -0.05) is 70.2 Å². The lowest BCUT2D eigenvalue weighted by Gasteiger charge is -2.32. The number of allylic oxidation sites excluding steroid dienone is 2. The van der Waals surface area contributed by atoms with Gasteiger partial charge in [0.2, 0.25) is 0 Å². The van der Waals surface area contributed by atoms with Crippen LogP contribution in [0.3, 0.4) is 0 Å². The molecule has 0 spiro atoms. The Kier molecular flexibility index (Phi) is 3.60. The first-order valence-electron chi connectivity index (χ1n) is 10.7. The lowest BCUT2D eigenvalue weighted by molar-refractivity contribution is 0.00578. The Balaban J connectivity index is 1.71. The fourth-order valence-corrected chi connectivity index (χ4v) is 5.72. The number of hydrogen-bond acceptors (Lipinski definition) is 2. The Morgan fingerprint density at radius 2 is 1.17 bits per heavy atom. The molecule has 29 heavy (non-hydrogen) atoms. The average molecular weight is 386 g/mol. The molecule has 0 saturated carbocycles. The number of hydrogen-bond donors (Lipinski definition) is 0. The molecule has 3 aliphatic rings. The average Bonchev–Trinajstić information content (AvgIpc) is 3.12. The van der Waals surface area contributed by atoms with Gasteiger partial charge >= 0.3 is 7.12 Å². The van der Waals surface area contributed by atoms with Crippen molar-refractivity contribution in [2.45, 2.75) is 77.4 Å². The summed E-state index contributed by atoms with van der Waals surface area (Å²) in [5.41, 5.74) is 8.87. The van der Waals surface area contributed by atoms with E-state index in [0.717, 1.165) is 0 Å². The highest BCUT2D eigenvalue weighted by atomic mass is 16.7. The van der Waals surface area contributed by atoms with E-state index in [-0.39, 0.29) is 29.2 Å². The lowest BCUT2D eigenvalue weighted by Crippen LogP contribution is -2.41. The van der Waals surface area contributed by atoms with Gasteiger partial charge in [-0.3, -0.25) is 0 Å². The molecule has 1 fully saturated rings. The van der Waals surface area contributed by atoms with E-state index in [1.54, 1.807) is 0 Å². The van der Waals surface area contributed by atoms with Gasteiger partial charge in [-0.25, -0.2) is 0 Å². The van der Waals surface area contributed by atoms with Crippen LogP contribution in [0.2, 0.25) is 0 Å². The number of benzene rings is 2. The van der Waals surface area contributed by atoms with E-state index in [0.29, 0.717) is 0 Å². The van der Waals surface area contributed by atoms with Crippen LogP contribution in [-0.4, -0.2) is 18.3 Å². The van der Waals surface area contributed by atoms with Crippen LogP contribution in [0.25, 0.3) is 11.1 Å². The van der Waals surface area contributed by atoms with Crippen LogP contribution < -0.4 is 5.46 Å². The molecule has 150 valence electrons. The second-order valence-electron chi connectivity index (χ2n) is 10.9. The molecule has 0 bridgehead atoms. The zero-order valence-electron chi connectivity index (χ0n) is 18.9. The summed E-state index contributed by atoms with van der Waals surface area (Å²) < 4.78 is 12.9. The minimum Gasteiger partial charge on any atom is -0.399 e. The Labute approximate surface area is 175 Å². The monoisotopic (exact) mass is 386 g/mol. The van der Waals surface area contributed by atoms with Gasteiger partial charge in [-0.05, 0) is 66.6 Å². The van der Waals surface area contributed by atoms with Crippen molar-refractivity contribution >= 4 is 23.7 Å². The topological polar surface area (TPSA) is 18.5 Å². The molecule has 5 rings (SSSR count). The second-order valence-corrected chi connectivity index (χ2v) is 10.9. The van der Waals surface area contributed by atoms with E-state index < -0.39 is 0 Å². The van der Waals surface area contributed by atoms with Crippen LogP contribution in [-0.2, 0) is 20.1 Å². The maximum atomic E-state index is 6.47. The zero-order valence-corrected chi connectivity index (χ0v) is 18.9. The van der Waals surface area contributed by atoms with E-state index in [9.17, 15) is 0 Å². The van der Waals surface area contributed by atoms with Gasteiger partial charge in [-0.2, -0.15) is 0 Å². The van der Waals surface area contributed by atoms with Gasteiger partial charge in [0.25, 0.3) is 0 Å². The first kappa shape index (κ1) is 19.1. The van der Waals surface area contributed by atoms with Crippen molar-refractivity contribution in [2.75, 3.05) is 0 Å². The summed E-state index contributed by atoms with van der Waals surface area (Å²) in [6.07, 6.45) is 0. The van der Waals surface area contributed by atoms with Crippen molar-refractivity contribution in [3.05, 3.63) is 64.7 Å². The van der Waals surface area contributed by atoms with Crippen molar-refractivity contribution in [3.8, 4) is 0 Å². The van der Waals surface area contributed by atoms with E-state index in [1.165, 1.54) is 38.9 Å². The summed E-state index contributed by atoms with van der Waals surface area (Å²) in [5, 5.41) is 0. The molecule has 3 heteroatoms. The van der Waals surface area contributed by atoms with Crippen LogP contribution in [0, 0.1) is 0 Å². The van der Waals surface area contributed by atoms with E-state index in [2.05, 4.69) is 97.9 Å². The standard InChI is InChI=1S/C26H31BO2/c1-23(2)18-14-10-9-12-16(18)21-22(23)17-13-11-15-19(20(17)24(21,3)4)27-28-25(5,6)26(7,8)29-27/h9-15H,1-8H3. The lowest BCUT2D eigenvalue weighted by atomic mass is 9.66. The normalized spacial score (nSPS) is 24.5. The van der Waals surface area contributed by atoms with Crippen molar-refractivity contribution < 1.29 is 9.31 Å². The van der Waals surface area contributed by atoms with E-state index in [4.69, 9.17) is 9.31 Å². The molecular formula is C26H31BO2. The molecule has 1 heterocycles. The highest BCUT2D eigenvalue weighted by Crippen LogP contribution is 2.62. The molecule has 0 aromatic heterocycles. The van der Waals surface area contributed by atoms with Crippen molar-refractivity contribution in [1.82, 2.24) is 0 Å². The van der Waals surface area contributed by atoms with Crippen LogP contribution in [0.4, 0.5) is 0 Å². The molecular weight excluding hydrogens is 355 g/mol. The van der Waals surface area contributed by atoms with Crippen LogP contribution >= 0.6 is 0 Å². The molecule has 0 unspecified atom stereocenters. The Hall–Kier alpha value is -1.84. The molecule has 2 aliphatic carbocycles. The van der Waals surface area contributed by atoms with Gasteiger partial charge in [0.05, 0.1) is 11.2 Å². The maximum Gasteiger partial charge on any atom is 0.495 e. The second kappa shape index (κ2) is 5.44. The summed E-state index contributed by atoms with van der Waals surface area (Å²) in [6.45, 7) is 17.9. The Morgan fingerprint density at radius 3 is 1.83 bits per heavy atom. The molecule has 0 atom stereocenters. The van der Waals surface area contributed by atoms with Crippen molar-refractivity contribution in [2.24, 2.45) is 0 Å². The summed E-state index contributed by atoms with van der Waals surface area (Å²) in [6, 6.07) is 15.6. The van der Waals surface area contributed by atoms with E-state index in [1.807, 2.05) is 0 Å². The number of fused-ring (bicyclic) bond motifs is 4. The quantitative estimate of drug-likeness (QED) is 0.605. The van der Waals surface area contributed by atoms with Gasteiger partial charge in [0.15, 0.2) is 0 Å². The highest BCUT2D eigenvalue weighted by Gasteiger charge is 2.56. The Bertz CT molecular complexity index is 1060. The third-order valence-electron chi connectivity index (χ3n) is 7.87. The smallest absolute Gasteiger partial charge is 0.399 e. The molecule has 2 aromatic carbocycles. The highest BCUT2D eigenvalue weighted by molar-refractivity contribution is 6.63.